The summed E-state index contributed by atoms with van der Waals surface area (Å²) in [7, 11) is -3.38. The van der Waals surface area contributed by atoms with Crippen molar-refractivity contribution in [1.29, 1.82) is 0 Å². The fourth-order valence-corrected chi connectivity index (χ4v) is 3.38. The van der Waals surface area contributed by atoms with Crippen LogP contribution in [0.4, 0.5) is 5.69 Å². The third-order valence-corrected chi connectivity index (χ3v) is 5.82. The van der Waals surface area contributed by atoms with Crippen LogP contribution in [0.3, 0.4) is 0 Å². The van der Waals surface area contributed by atoms with Crippen molar-refractivity contribution in [2.75, 3.05) is 17.7 Å². The fourth-order valence-electron chi connectivity index (χ4n) is 2.65. The van der Waals surface area contributed by atoms with Crippen LogP contribution in [0.15, 0.2) is 65.7 Å². The molecule has 0 spiro atoms. The highest BCUT2D eigenvalue weighted by Gasteiger charge is 2.15. The number of nitrogens with zero attached hydrogens (tertiary/aromatic N) is 2. The second kappa shape index (κ2) is 8.83. The van der Waals surface area contributed by atoms with Crippen LogP contribution in [0.1, 0.15) is 24.2 Å². The van der Waals surface area contributed by atoms with E-state index in [0.717, 1.165) is 5.56 Å². The van der Waals surface area contributed by atoms with Crippen LogP contribution in [0.25, 0.3) is 11.3 Å². The van der Waals surface area contributed by atoms with Crippen molar-refractivity contribution in [1.82, 2.24) is 10.2 Å². The van der Waals surface area contributed by atoms with Gasteiger partial charge in [0.05, 0.1) is 23.6 Å². The van der Waals surface area contributed by atoms with Gasteiger partial charge in [-0.1, -0.05) is 31.2 Å². The lowest BCUT2D eigenvalue weighted by molar-refractivity contribution is 0.102. The van der Waals surface area contributed by atoms with Gasteiger partial charge >= 0.3 is 0 Å². The van der Waals surface area contributed by atoms with E-state index in [1.807, 2.05) is 13.0 Å². The molecule has 8 heteroatoms. The zero-order valence-electron chi connectivity index (χ0n) is 16.1. The van der Waals surface area contributed by atoms with Crippen molar-refractivity contribution < 1.29 is 17.9 Å². The van der Waals surface area contributed by atoms with E-state index in [1.54, 1.807) is 55.5 Å². The molecule has 1 aromatic heterocycles. The van der Waals surface area contributed by atoms with E-state index in [2.05, 4.69) is 15.5 Å². The normalized spacial score (nSPS) is 11.1. The number of hydrogen-bond acceptors (Lipinski definition) is 6. The Bertz CT molecular complexity index is 1100. The van der Waals surface area contributed by atoms with Gasteiger partial charge in [-0.15, -0.1) is 10.2 Å². The number of carbonyl (C=O) groups is 1. The van der Waals surface area contributed by atoms with Gasteiger partial charge in [-0.2, -0.15) is 0 Å². The van der Waals surface area contributed by atoms with Crippen molar-refractivity contribution in [2.45, 2.75) is 18.9 Å². The van der Waals surface area contributed by atoms with Gasteiger partial charge in [0, 0.05) is 11.3 Å². The predicted molar refractivity (Wildman–Crippen MR) is 111 cm³/mol. The smallest absolute Gasteiger partial charge is 0.259 e. The first kappa shape index (κ1) is 20.5. The molecule has 2 aromatic carbocycles. The Balaban J connectivity index is 1.75. The molecule has 0 saturated carbocycles. The van der Waals surface area contributed by atoms with Crippen LogP contribution in [0.2, 0.25) is 0 Å². The Hall–Kier alpha value is -3.26. The Labute approximate surface area is 169 Å². The molecule has 0 unspecified atom stereocenters. The molecule has 1 heterocycles. The van der Waals surface area contributed by atoms with E-state index >= 15 is 0 Å². The molecule has 0 aliphatic carbocycles. The number of hydrogen-bond donors (Lipinski definition) is 1. The molecule has 0 saturated heterocycles. The summed E-state index contributed by atoms with van der Waals surface area (Å²) in [6.45, 7) is 3.89. The summed E-state index contributed by atoms with van der Waals surface area (Å²) in [5.41, 5.74) is 2.37. The largest absolute Gasteiger partial charge is 0.493 e. The van der Waals surface area contributed by atoms with Crippen LogP contribution in [-0.2, 0) is 9.84 Å². The maximum absolute atomic E-state index is 12.6. The quantitative estimate of drug-likeness (QED) is 0.638. The standard InChI is InChI=1S/C21H21N3O4S/c1-3-28-19-8-6-5-7-17(19)21(25)22-16-11-9-15(10-12-16)18-13-14-20(24-23-18)29(26,27)4-2/h5-14H,3-4H2,1-2H3,(H,22,25). The predicted octanol–water partition coefficient (Wildman–Crippen LogP) is 3.59. The van der Waals surface area contributed by atoms with Gasteiger partial charge < -0.3 is 10.1 Å². The number of para-hydroxylation sites is 1. The molecule has 0 fully saturated rings. The average molecular weight is 411 g/mol. The average Bonchev–Trinajstić information content (AvgIpc) is 2.75. The summed E-state index contributed by atoms with van der Waals surface area (Å²) < 4.78 is 29.1. The van der Waals surface area contributed by atoms with Crippen molar-refractivity contribution in [2.24, 2.45) is 0 Å². The Morgan fingerprint density at radius 3 is 2.31 bits per heavy atom. The lowest BCUT2D eigenvalue weighted by atomic mass is 10.1. The number of rotatable bonds is 7. The lowest BCUT2D eigenvalue weighted by Gasteiger charge is -2.11. The van der Waals surface area contributed by atoms with E-state index in [1.165, 1.54) is 6.07 Å². The molecule has 3 rings (SSSR count). The molecule has 1 N–H and O–H groups in total. The molecule has 0 atom stereocenters. The number of benzene rings is 2. The van der Waals surface area contributed by atoms with E-state index in [4.69, 9.17) is 4.74 Å². The first-order valence-corrected chi connectivity index (χ1v) is 10.8. The first-order valence-electron chi connectivity index (χ1n) is 9.14. The van der Waals surface area contributed by atoms with Crippen LogP contribution in [0, 0.1) is 0 Å². The highest BCUT2D eigenvalue weighted by Crippen LogP contribution is 2.22. The van der Waals surface area contributed by atoms with Crippen molar-refractivity contribution in [3.63, 3.8) is 0 Å². The zero-order valence-corrected chi connectivity index (χ0v) is 16.9. The zero-order chi connectivity index (χ0) is 20.9. The highest BCUT2D eigenvalue weighted by atomic mass is 32.2. The molecular formula is C21H21N3O4S. The van der Waals surface area contributed by atoms with Crippen molar-refractivity contribution in [3.8, 4) is 17.0 Å². The van der Waals surface area contributed by atoms with Crippen LogP contribution < -0.4 is 10.1 Å². The van der Waals surface area contributed by atoms with Gasteiger partial charge in [-0.05, 0) is 43.3 Å². The van der Waals surface area contributed by atoms with Gasteiger partial charge in [-0.3, -0.25) is 4.79 Å². The number of nitrogens with one attached hydrogen (secondary N) is 1. The summed E-state index contributed by atoms with van der Waals surface area (Å²) in [5.74, 6) is 0.235. The number of aromatic nitrogens is 2. The van der Waals surface area contributed by atoms with E-state index in [-0.39, 0.29) is 16.7 Å². The fraction of sp³-hybridized carbons (Fsp3) is 0.190. The first-order chi connectivity index (χ1) is 13.9. The van der Waals surface area contributed by atoms with Gasteiger partial charge in [0.1, 0.15) is 5.75 Å². The SMILES string of the molecule is CCOc1ccccc1C(=O)Nc1ccc(-c2ccc(S(=O)(=O)CC)nn2)cc1. The topological polar surface area (TPSA) is 98.2 Å². The monoisotopic (exact) mass is 411 g/mol. The Kier molecular flexibility index (Phi) is 6.23. The van der Waals surface area contributed by atoms with Gasteiger partial charge in [-0.25, -0.2) is 8.42 Å². The summed E-state index contributed by atoms with van der Waals surface area (Å²) in [5, 5.41) is 10.6. The summed E-state index contributed by atoms with van der Waals surface area (Å²) in [6.07, 6.45) is 0. The van der Waals surface area contributed by atoms with Crippen LogP contribution in [-0.4, -0.2) is 36.9 Å². The third-order valence-electron chi connectivity index (χ3n) is 4.21. The van der Waals surface area contributed by atoms with Crippen molar-refractivity contribution in [3.05, 3.63) is 66.2 Å². The molecule has 0 bridgehead atoms. The summed E-state index contributed by atoms with van der Waals surface area (Å²) in [4.78, 5) is 12.6. The Morgan fingerprint density at radius 2 is 1.69 bits per heavy atom. The lowest BCUT2D eigenvalue weighted by Crippen LogP contribution is -2.13. The highest BCUT2D eigenvalue weighted by molar-refractivity contribution is 7.91. The number of sulfone groups is 1. The molecule has 29 heavy (non-hydrogen) atoms. The van der Waals surface area contributed by atoms with E-state index in [0.29, 0.717) is 29.3 Å². The number of ether oxygens (including phenoxy) is 1. The Morgan fingerprint density at radius 1 is 0.966 bits per heavy atom. The van der Waals surface area contributed by atoms with Crippen molar-refractivity contribution >= 4 is 21.4 Å². The number of anilines is 1. The molecule has 150 valence electrons. The molecule has 7 nitrogen and oxygen atoms in total. The van der Waals surface area contributed by atoms with E-state index in [9.17, 15) is 13.2 Å². The maximum Gasteiger partial charge on any atom is 0.259 e. The number of amides is 1. The molecule has 3 aromatic rings. The van der Waals surface area contributed by atoms with Gasteiger partial charge in [0.15, 0.2) is 14.9 Å². The number of carbonyl (C=O) groups excluding carboxylic acids is 1. The maximum atomic E-state index is 12.6. The molecule has 0 radical (unpaired) electrons. The molecule has 0 aliphatic heterocycles. The van der Waals surface area contributed by atoms with Crippen LogP contribution in [0.5, 0.6) is 5.75 Å². The minimum absolute atomic E-state index is 0.0259. The third kappa shape index (κ3) is 4.78. The van der Waals surface area contributed by atoms with E-state index < -0.39 is 9.84 Å². The second-order valence-electron chi connectivity index (χ2n) is 6.12. The van der Waals surface area contributed by atoms with Gasteiger partial charge in [0.25, 0.3) is 5.91 Å². The minimum atomic E-state index is -3.38. The molecule has 0 aliphatic rings. The van der Waals surface area contributed by atoms with Gasteiger partial charge in [0.2, 0.25) is 0 Å². The summed E-state index contributed by atoms with van der Waals surface area (Å²) in [6, 6.07) is 17.2. The van der Waals surface area contributed by atoms with Crippen LogP contribution >= 0.6 is 0 Å². The minimum Gasteiger partial charge on any atom is -0.493 e. The molecular weight excluding hydrogens is 390 g/mol. The summed E-state index contributed by atoms with van der Waals surface area (Å²) >= 11 is 0. The molecule has 1 amide bonds. The second-order valence-corrected chi connectivity index (χ2v) is 8.35.